The second-order valence-electron chi connectivity index (χ2n) is 6.73. The molecule has 2 saturated carbocycles. The van der Waals surface area contributed by atoms with Crippen molar-refractivity contribution in [2.24, 2.45) is 17.8 Å². The molecule has 110 valence electrons. The number of carbonyl (C=O) groups is 1. The summed E-state index contributed by atoms with van der Waals surface area (Å²) in [5, 5.41) is 0. The first-order valence-electron chi connectivity index (χ1n) is 8.36. The van der Waals surface area contributed by atoms with E-state index in [1.54, 1.807) is 6.92 Å². The maximum Gasteiger partial charge on any atom is 0.302 e. The van der Waals surface area contributed by atoms with Gasteiger partial charge in [-0.15, -0.1) is 0 Å². The van der Waals surface area contributed by atoms with E-state index in [1.807, 2.05) is 0 Å². The molecule has 0 saturated heterocycles. The molecule has 2 rings (SSSR count). The van der Waals surface area contributed by atoms with Crippen molar-refractivity contribution in [3.05, 3.63) is 0 Å². The quantitative estimate of drug-likeness (QED) is 0.688. The Bertz CT molecular complexity index is 279. The third kappa shape index (κ3) is 4.50. The summed E-state index contributed by atoms with van der Waals surface area (Å²) in [7, 11) is 0. The predicted molar refractivity (Wildman–Crippen MR) is 77.9 cm³/mol. The van der Waals surface area contributed by atoms with Gasteiger partial charge in [0.25, 0.3) is 0 Å². The molecule has 2 aliphatic rings. The number of hydrogen-bond acceptors (Lipinski definition) is 2. The number of esters is 1. The Morgan fingerprint density at radius 2 is 1.79 bits per heavy atom. The van der Waals surface area contributed by atoms with Crippen LogP contribution in [0.4, 0.5) is 0 Å². The average molecular weight is 266 g/mol. The van der Waals surface area contributed by atoms with Crippen LogP contribution in [0.15, 0.2) is 0 Å². The van der Waals surface area contributed by atoms with E-state index in [4.69, 9.17) is 4.74 Å². The molecule has 0 amide bonds. The number of carbonyl (C=O) groups excluding carboxylic acids is 1. The van der Waals surface area contributed by atoms with Crippen LogP contribution in [0, 0.1) is 17.8 Å². The van der Waals surface area contributed by atoms with Crippen molar-refractivity contribution in [3.8, 4) is 0 Å². The lowest BCUT2D eigenvalue weighted by Gasteiger charge is -2.38. The van der Waals surface area contributed by atoms with Crippen LogP contribution >= 0.6 is 0 Å². The summed E-state index contributed by atoms with van der Waals surface area (Å²) >= 11 is 0. The molecular formula is C17H30O2. The van der Waals surface area contributed by atoms with Gasteiger partial charge in [-0.05, 0) is 56.3 Å². The Labute approximate surface area is 118 Å². The topological polar surface area (TPSA) is 26.3 Å². The second-order valence-corrected chi connectivity index (χ2v) is 6.73. The Hall–Kier alpha value is -0.530. The minimum atomic E-state index is -0.0997. The van der Waals surface area contributed by atoms with Crippen LogP contribution < -0.4 is 0 Å². The molecule has 0 aliphatic heterocycles. The lowest BCUT2D eigenvalue weighted by molar-refractivity contribution is -0.149. The van der Waals surface area contributed by atoms with Crippen molar-refractivity contribution in [2.45, 2.75) is 84.2 Å². The van der Waals surface area contributed by atoms with Gasteiger partial charge in [-0.3, -0.25) is 4.79 Å². The first kappa shape index (κ1) is 14.9. The van der Waals surface area contributed by atoms with Crippen molar-refractivity contribution < 1.29 is 9.53 Å². The molecule has 2 fully saturated rings. The molecule has 0 aromatic heterocycles. The fraction of sp³-hybridized carbons (Fsp3) is 0.941. The van der Waals surface area contributed by atoms with Gasteiger partial charge < -0.3 is 4.74 Å². The van der Waals surface area contributed by atoms with Gasteiger partial charge in [-0.25, -0.2) is 0 Å². The van der Waals surface area contributed by atoms with Gasteiger partial charge in [0.2, 0.25) is 0 Å². The maximum atomic E-state index is 11.1. The van der Waals surface area contributed by atoms with E-state index in [0.717, 1.165) is 30.6 Å². The molecule has 2 unspecified atom stereocenters. The van der Waals surface area contributed by atoms with Crippen molar-refractivity contribution in [1.29, 1.82) is 0 Å². The highest BCUT2D eigenvalue weighted by Crippen LogP contribution is 2.41. The van der Waals surface area contributed by atoms with Crippen LogP contribution in [0.3, 0.4) is 0 Å². The molecule has 2 atom stereocenters. The van der Waals surface area contributed by atoms with Gasteiger partial charge in [-0.2, -0.15) is 0 Å². The first-order valence-corrected chi connectivity index (χ1v) is 8.36. The minimum absolute atomic E-state index is 0.0997. The zero-order valence-corrected chi connectivity index (χ0v) is 12.7. The van der Waals surface area contributed by atoms with Gasteiger partial charge >= 0.3 is 5.97 Å². The van der Waals surface area contributed by atoms with Crippen LogP contribution in [0.2, 0.25) is 0 Å². The zero-order valence-electron chi connectivity index (χ0n) is 12.7. The zero-order chi connectivity index (χ0) is 13.7. The highest BCUT2D eigenvalue weighted by Gasteiger charge is 2.32. The molecular weight excluding hydrogens is 236 g/mol. The summed E-state index contributed by atoms with van der Waals surface area (Å²) in [4.78, 5) is 11.1. The standard InChI is InChI=1S/C17H30O2/c1-3-5-14-8-10-15(11-9-14)16-6-4-7-17(12-16)19-13(2)18/h14-17H,3-12H2,1-2H3. The summed E-state index contributed by atoms with van der Waals surface area (Å²) in [6, 6.07) is 0. The van der Waals surface area contributed by atoms with Crippen LogP contribution in [-0.2, 0) is 9.53 Å². The third-order valence-electron chi connectivity index (χ3n) is 5.25. The van der Waals surface area contributed by atoms with E-state index in [1.165, 1.54) is 51.4 Å². The summed E-state index contributed by atoms with van der Waals surface area (Å²) in [6.07, 6.45) is 13.5. The van der Waals surface area contributed by atoms with E-state index < -0.39 is 0 Å². The summed E-state index contributed by atoms with van der Waals surface area (Å²) in [6.45, 7) is 3.84. The first-order chi connectivity index (χ1) is 9.19. The molecule has 0 bridgehead atoms. The monoisotopic (exact) mass is 266 g/mol. The third-order valence-corrected chi connectivity index (χ3v) is 5.25. The highest BCUT2D eigenvalue weighted by molar-refractivity contribution is 5.66. The van der Waals surface area contributed by atoms with Crippen molar-refractivity contribution >= 4 is 5.97 Å². The van der Waals surface area contributed by atoms with E-state index >= 15 is 0 Å². The molecule has 0 aromatic rings. The smallest absolute Gasteiger partial charge is 0.302 e. The molecule has 2 heteroatoms. The molecule has 0 N–H and O–H groups in total. The molecule has 0 radical (unpaired) electrons. The van der Waals surface area contributed by atoms with Crippen LogP contribution in [0.1, 0.15) is 78.1 Å². The van der Waals surface area contributed by atoms with Gasteiger partial charge in [0.05, 0.1) is 0 Å². The minimum Gasteiger partial charge on any atom is -0.463 e. The van der Waals surface area contributed by atoms with E-state index in [9.17, 15) is 4.79 Å². The second kappa shape index (κ2) is 7.31. The van der Waals surface area contributed by atoms with Crippen molar-refractivity contribution in [2.75, 3.05) is 0 Å². The lowest BCUT2D eigenvalue weighted by atomic mass is 9.70. The van der Waals surface area contributed by atoms with E-state index in [0.29, 0.717) is 0 Å². The largest absolute Gasteiger partial charge is 0.463 e. The maximum absolute atomic E-state index is 11.1. The van der Waals surface area contributed by atoms with Crippen LogP contribution in [-0.4, -0.2) is 12.1 Å². The molecule has 2 nitrogen and oxygen atoms in total. The average Bonchev–Trinajstić information content (AvgIpc) is 2.39. The Kier molecular flexibility index (Phi) is 5.72. The molecule has 0 heterocycles. The lowest BCUT2D eigenvalue weighted by Crippen LogP contribution is -2.30. The predicted octanol–water partition coefficient (Wildman–Crippen LogP) is 4.71. The Balaban J connectivity index is 1.77. The fourth-order valence-electron chi connectivity index (χ4n) is 4.31. The fourth-order valence-corrected chi connectivity index (χ4v) is 4.31. The summed E-state index contributed by atoms with van der Waals surface area (Å²) in [5.74, 6) is 2.62. The number of ether oxygens (including phenoxy) is 1. The highest BCUT2D eigenvalue weighted by atomic mass is 16.5. The van der Waals surface area contributed by atoms with E-state index in [2.05, 4.69) is 6.92 Å². The van der Waals surface area contributed by atoms with Crippen LogP contribution in [0.25, 0.3) is 0 Å². The molecule has 0 spiro atoms. The van der Waals surface area contributed by atoms with E-state index in [-0.39, 0.29) is 12.1 Å². The Morgan fingerprint density at radius 3 is 2.42 bits per heavy atom. The molecule has 2 aliphatic carbocycles. The normalized spacial score (nSPS) is 35.9. The SMILES string of the molecule is CCCC1CCC(C2CCCC(OC(C)=O)C2)CC1. The summed E-state index contributed by atoms with van der Waals surface area (Å²) < 4.78 is 5.43. The van der Waals surface area contributed by atoms with Gasteiger partial charge in [0.15, 0.2) is 0 Å². The van der Waals surface area contributed by atoms with Gasteiger partial charge in [0, 0.05) is 6.92 Å². The molecule has 19 heavy (non-hydrogen) atoms. The Morgan fingerprint density at radius 1 is 1.05 bits per heavy atom. The number of rotatable bonds is 4. The van der Waals surface area contributed by atoms with Crippen LogP contribution in [0.5, 0.6) is 0 Å². The molecule has 0 aromatic carbocycles. The van der Waals surface area contributed by atoms with Gasteiger partial charge in [-0.1, -0.05) is 32.6 Å². The van der Waals surface area contributed by atoms with Gasteiger partial charge in [0.1, 0.15) is 6.10 Å². The number of hydrogen-bond donors (Lipinski definition) is 0. The summed E-state index contributed by atoms with van der Waals surface area (Å²) in [5.41, 5.74) is 0. The van der Waals surface area contributed by atoms with Crippen molar-refractivity contribution in [1.82, 2.24) is 0 Å². The van der Waals surface area contributed by atoms with Crippen molar-refractivity contribution in [3.63, 3.8) is 0 Å².